The van der Waals surface area contributed by atoms with Crippen LogP contribution in [0.2, 0.25) is 0 Å². The average Bonchev–Trinajstić information content (AvgIpc) is 2.73. The van der Waals surface area contributed by atoms with E-state index >= 15 is 0 Å². The van der Waals surface area contributed by atoms with Gasteiger partial charge in [0.05, 0.1) is 5.69 Å². The molecule has 0 fully saturated rings. The first-order valence-electron chi connectivity index (χ1n) is 5.63. The molecule has 1 aromatic heterocycles. The molecule has 0 unspecified atom stereocenters. The van der Waals surface area contributed by atoms with Crippen LogP contribution in [0.3, 0.4) is 0 Å². The lowest BCUT2D eigenvalue weighted by atomic mass is 10.3. The van der Waals surface area contributed by atoms with Gasteiger partial charge in [-0.15, -0.1) is 0 Å². The van der Waals surface area contributed by atoms with Crippen LogP contribution in [0, 0.1) is 0 Å². The number of amides is 1. The van der Waals surface area contributed by atoms with Gasteiger partial charge in [0, 0.05) is 13.5 Å². The summed E-state index contributed by atoms with van der Waals surface area (Å²) < 4.78 is 0. The summed E-state index contributed by atoms with van der Waals surface area (Å²) in [5.74, 6) is -0.243. The third-order valence-corrected chi connectivity index (χ3v) is 2.38. The normalized spacial score (nSPS) is 10.6. The quantitative estimate of drug-likeness (QED) is 0.570. The summed E-state index contributed by atoms with van der Waals surface area (Å²) >= 11 is 0. The van der Waals surface area contributed by atoms with E-state index in [9.17, 15) is 9.59 Å². The van der Waals surface area contributed by atoms with Crippen LogP contribution in [0.4, 0.5) is 0 Å². The zero-order valence-electron chi connectivity index (χ0n) is 10.5. The number of hydrogen-bond donors (Lipinski definition) is 2. The van der Waals surface area contributed by atoms with Crippen molar-refractivity contribution in [3.8, 4) is 0 Å². The Hall–Kier alpha value is -1.62. The van der Waals surface area contributed by atoms with Gasteiger partial charge in [-0.25, -0.2) is 0 Å². The number of ketones is 1. The fourth-order valence-corrected chi connectivity index (χ4v) is 1.43. The lowest BCUT2D eigenvalue weighted by Gasteiger charge is -2.09. The molecule has 17 heavy (non-hydrogen) atoms. The van der Waals surface area contributed by atoms with E-state index in [1.54, 1.807) is 12.1 Å². The van der Waals surface area contributed by atoms with Crippen molar-refractivity contribution < 1.29 is 9.59 Å². The molecule has 5 heteroatoms. The summed E-state index contributed by atoms with van der Waals surface area (Å²) in [6.07, 6.45) is 0.902. The molecule has 0 saturated heterocycles. The van der Waals surface area contributed by atoms with Crippen LogP contribution in [0.1, 0.15) is 34.3 Å². The molecule has 94 valence electrons. The van der Waals surface area contributed by atoms with Crippen LogP contribution in [-0.4, -0.2) is 48.8 Å². The topological polar surface area (TPSA) is 65.2 Å². The minimum atomic E-state index is -0.170. The summed E-state index contributed by atoms with van der Waals surface area (Å²) in [6, 6.07) is 3.25. The van der Waals surface area contributed by atoms with Crippen LogP contribution >= 0.6 is 0 Å². The maximum atomic E-state index is 11.7. The SMILES string of the molecule is CC(=O)c1ccc(C(=O)NCCCN(C)C)[nH]1. The molecule has 5 nitrogen and oxygen atoms in total. The largest absolute Gasteiger partial charge is 0.351 e. The van der Waals surface area contributed by atoms with Crippen LogP contribution in [-0.2, 0) is 0 Å². The number of aromatic nitrogens is 1. The number of nitrogens with zero attached hydrogens (tertiary/aromatic N) is 1. The third-order valence-electron chi connectivity index (χ3n) is 2.38. The van der Waals surface area contributed by atoms with Gasteiger partial charge in [-0.05, 0) is 39.2 Å². The van der Waals surface area contributed by atoms with Gasteiger partial charge >= 0.3 is 0 Å². The molecule has 1 heterocycles. The number of nitrogens with one attached hydrogen (secondary N) is 2. The number of carbonyl (C=O) groups excluding carboxylic acids is 2. The molecule has 0 saturated carbocycles. The summed E-state index contributed by atoms with van der Waals surface area (Å²) in [5.41, 5.74) is 0.892. The number of carbonyl (C=O) groups is 2. The fourth-order valence-electron chi connectivity index (χ4n) is 1.43. The lowest BCUT2D eigenvalue weighted by Crippen LogP contribution is -2.27. The van der Waals surface area contributed by atoms with E-state index in [1.807, 2.05) is 14.1 Å². The number of hydrogen-bond acceptors (Lipinski definition) is 3. The van der Waals surface area contributed by atoms with Crippen molar-refractivity contribution in [1.29, 1.82) is 0 Å². The standard InChI is InChI=1S/C12H19N3O2/c1-9(16)10-5-6-11(14-10)12(17)13-7-4-8-15(2)3/h5-6,14H,4,7-8H2,1-3H3,(H,13,17). The Morgan fingerprint density at radius 2 is 1.94 bits per heavy atom. The van der Waals surface area contributed by atoms with Gasteiger partial charge in [0.1, 0.15) is 5.69 Å². The molecule has 0 aliphatic carbocycles. The molecule has 0 aliphatic heterocycles. The molecule has 0 aromatic carbocycles. The van der Waals surface area contributed by atoms with Gasteiger partial charge in [0.2, 0.25) is 0 Å². The highest BCUT2D eigenvalue weighted by Crippen LogP contribution is 2.02. The predicted octanol–water partition coefficient (Wildman–Crippen LogP) is 0.899. The van der Waals surface area contributed by atoms with E-state index in [-0.39, 0.29) is 11.7 Å². The van der Waals surface area contributed by atoms with Crippen molar-refractivity contribution in [2.75, 3.05) is 27.2 Å². The third kappa shape index (κ3) is 4.40. The Morgan fingerprint density at radius 3 is 2.47 bits per heavy atom. The molecule has 0 aliphatic rings. The summed E-state index contributed by atoms with van der Waals surface area (Å²) in [5, 5.41) is 2.80. The van der Waals surface area contributed by atoms with Crippen molar-refractivity contribution in [3.05, 3.63) is 23.5 Å². The van der Waals surface area contributed by atoms with Gasteiger partial charge in [-0.1, -0.05) is 0 Å². The molecular weight excluding hydrogens is 218 g/mol. The van der Waals surface area contributed by atoms with Crippen molar-refractivity contribution >= 4 is 11.7 Å². The van der Waals surface area contributed by atoms with Gasteiger partial charge in [0.15, 0.2) is 5.78 Å². The first-order valence-corrected chi connectivity index (χ1v) is 5.63. The molecule has 0 spiro atoms. The Kier molecular flexibility index (Phi) is 4.90. The Bertz CT molecular complexity index is 396. The van der Waals surface area contributed by atoms with E-state index in [1.165, 1.54) is 6.92 Å². The van der Waals surface area contributed by atoms with Crippen LogP contribution < -0.4 is 5.32 Å². The second-order valence-corrected chi connectivity index (χ2v) is 4.25. The summed E-state index contributed by atoms with van der Waals surface area (Å²) in [7, 11) is 3.98. The van der Waals surface area contributed by atoms with E-state index in [0.717, 1.165) is 13.0 Å². The highest BCUT2D eigenvalue weighted by atomic mass is 16.2. The van der Waals surface area contributed by atoms with Crippen molar-refractivity contribution in [3.63, 3.8) is 0 Å². The molecule has 0 radical (unpaired) electrons. The highest BCUT2D eigenvalue weighted by Gasteiger charge is 2.09. The number of aromatic amines is 1. The minimum absolute atomic E-state index is 0.0725. The molecule has 0 atom stereocenters. The van der Waals surface area contributed by atoms with Crippen LogP contribution in [0.25, 0.3) is 0 Å². The Morgan fingerprint density at radius 1 is 1.29 bits per heavy atom. The number of Topliss-reactive ketones (excluding diaryl/α,β-unsaturated/α-hetero) is 1. The number of H-pyrrole nitrogens is 1. The maximum absolute atomic E-state index is 11.7. The predicted molar refractivity (Wildman–Crippen MR) is 66.3 cm³/mol. The molecule has 1 rings (SSSR count). The lowest BCUT2D eigenvalue weighted by molar-refractivity contribution is 0.0948. The monoisotopic (exact) mass is 237 g/mol. The summed E-state index contributed by atoms with van der Waals surface area (Å²) in [6.45, 7) is 3.03. The van der Waals surface area contributed by atoms with E-state index in [0.29, 0.717) is 17.9 Å². The molecule has 1 aromatic rings. The van der Waals surface area contributed by atoms with Crippen LogP contribution in [0.15, 0.2) is 12.1 Å². The molecular formula is C12H19N3O2. The zero-order valence-corrected chi connectivity index (χ0v) is 10.5. The zero-order chi connectivity index (χ0) is 12.8. The first kappa shape index (κ1) is 13.4. The van der Waals surface area contributed by atoms with Crippen LogP contribution in [0.5, 0.6) is 0 Å². The molecule has 0 bridgehead atoms. The van der Waals surface area contributed by atoms with E-state index in [4.69, 9.17) is 0 Å². The van der Waals surface area contributed by atoms with Crippen molar-refractivity contribution in [2.45, 2.75) is 13.3 Å². The maximum Gasteiger partial charge on any atom is 0.267 e. The average molecular weight is 237 g/mol. The Balaban J connectivity index is 2.39. The smallest absolute Gasteiger partial charge is 0.267 e. The van der Waals surface area contributed by atoms with Crippen molar-refractivity contribution in [2.24, 2.45) is 0 Å². The first-order chi connectivity index (χ1) is 8.00. The number of rotatable bonds is 6. The fraction of sp³-hybridized carbons (Fsp3) is 0.500. The second-order valence-electron chi connectivity index (χ2n) is 4.25. The molecule has 1 amide bonds. The minimum Gasteiger partial charge on any atom is -0.351 e. The van der Waals surface area contributed by atoms with E-state index < -0.39 is 0 Å². The van der Waals surface area contributed by atoms with Gasteiger partial charge in [-0.3, -0.25) is 9.59 Å². The van der Waals surface area contributed by atoms with Crippen molar-refractivity contribution in [1.82, 2.24) is 15.2 Å². The second kappa shape index (κ2) is 6.20. The Labute approximate surface area is 101 Å². The van der Waals surface area contributed by atoms with Gasteiger partial charge in [0.25, 0.3) is 5.91 Å². The van der Waals surface area contributed by atoms with E-state index in [2.05, 4.69) is 15.2 Å². The summed E-state index contributed by atoms with van der Waals surface area (Å²) in [4.78, 5) is 27.6. The highest BCUT2D eigenvalue weighted by molar-refractivity contribution is 5.97. The molecule has 2 N–H and O–H groups in total. The van der Waals surface area contributed by atoms with Gasteiger partial charge in [-0.2, -0.15) is 0 Å². The van der Waals surface area contributed by atoms with Gasteiger partial charge < -0.3 is 15.2 Å².